The van der Waals surface area contributed by atoms with Gasteiger partial charge in [0.15, 0.2) is 0 Å². The molecule has 0 aliphatic carbocycles. The number of rotatable bonds is 1. The van der Waals surface area contributed by atoms with Crippen LogP contribution in [-0.4, -0.2) is 6.18 Å². The number of dihydropyridines is 1. The summed E-state index contributed by atoms with van der Waals surface area (Å²) in [5.41, 5.74) is -0.643. The van der Waals surface area contributed by atoms with Gasteiger partial charge < -0.3 is 5.32 Å². The van der Waals surface area contributed by atoms with Crippen molar-refractivity contribution in [2.45, 2.75) is 12.2 Å². The van der Waals surface area contributed by atoms with Crippen molar-refractivity contribution >= 4 is 11.3 Å². The largest absolute Gasteiger partial charge is 0.417 e. The molecule has 0 spiro atoms. The number of allylic oxidation sites excluding steroid dienone is 2. The first kappa shape index (κ1) is 10.3. The minimum Gasteiger partial charge on any atom is -0.379 e. The van der Waals surface area contributed by atoms with Gasteiger partial charge in [0.05, 0.1) is 11.6 Å². The van der Waals surface area contributed by atoms with E-state index in [4.69, 9.17) is 0 Å². The van der Waals surface area contributed by atoms with E-state index < -0.39 is 11.7 Å². The predicted molar refractivity (Wildman–Crippen MR) is 53.5 cm³/mol. The summed E-state index contributed by atoms with van der Waals surface area (Å²) in [6, 6.07) is 3.62. The van der Waals surface area contributed by atoms with Crippen LogP contribution < -0.4 is 5.32 Å². The standard InChI is InChI=1S/C10H8F3NS/c11-10(12,13)7-3-4-8(14-6-7)9-2-1-5-15-9/h1-6,8,14H. The molecule has 1 aromatic rings. The van der Waals surface area contributed by atoms with Gasteiger partial charge in [-0.05, 0) is 11.4 Å². The van der Waals surface area contributed by atoms with Gasteiger partial charge in [-0.3, -0.25) is 0 Å². The topological polar surface area (TPSA) is 12.0 Å². The van der Waals surface area contributed by atoms with Crippen molar-refractivity contribution in [1.29, 1.82) is 0 Å². The molecule has 0 saturated heterocycles. The lowest BCUT2D eigenvalue weighted by Gasteiger charge is -2.18. The van der Waals surface area contributed by atoms with E-state index >= 15 is 0 Å². The van der Waals surface area contributed by atoms with Crippen LogP contribution in [0.2, 0.25) is 0 Å². The summed E-state index contributed by atoms with van der Waals surface area (Å²) in [5.74, 6) is 0. The SMILES string of the molecule is FC(F)(F)C1=CNC(c2cccs2)C=C1. The zero-order chi connectivity index (χ0) is 10.9. The summed E-state index contributed by atoms with van der Waals surface area (Å²) in [4.78, 5) is 1.00. The maximum absolute atomic E-state index is 12.3. The number of halogens is 3. The average Bonchev–Trinajstić information content (AvgIpc) is 2.69. The van der Waals surface area contributed by atoms with Crippen LogP contribution in [-0.2, 0) is 0 Å². The summed E-state index contributed by atoms with van der Waals surface area (Å²) >= 11 is 1.51. The van der Waals surface area contributed by atoms with E-state index in [1.54, 1.807) is 0 Å². The van der Waals surface area contributed by atoms with Crippen molar-refractivity contribution in [1.82, 2.24) is 5.32 Å². The van der Waals surface area contributed by atoms with Crippen LogP contribution in [0.3, 0.4) is 0 Å². The molecule has 0 radical (unpaired) electrons. The number of hydrogen-bond acceptors (Lipinski definition) is 2. The Morgan fingerprint density at radius 2 is 2.13 bits per heavy atom. The third-order valence-corrected chi connectivity index (χ3v) is 3.02. The Morgan fingerprint density at radius 1 is 1.33 bits per heavy atom. The fourth-order valence-electron chi connectivity index (χ4n) is 1.30. The molecule has 2 heterocycles. The normalized spacial score (nSPS) is 21.0. The van der Waals surface area contributed by atoms with Gasteiger partial charge in [0.25, 0.3) is 0 Å². The second-order valence-corrected chi connectivity index (χ2v) is 4.10. The van der Waals surface area contributed by atoms with E-state index in [2.05, 4.69) is 5.32 Å². The van der Waals surface area contributed by atoms with Crippen LogP contribution in [0.5, 0.6) is 0 Å². The lowest BCUT2D eigenvalue weighted by molar-refractivity contribution is -0.0888. The number of thiophene rings is 1. The third-order valence-electron chi connectivity index (χ3n) is 2.06. The van der Waals surface area contributed by atoms with E-state index in [0.717, 1.165) is 17.2 Å². The minimum atomic E-state index is -4.27. The van der Waals surface area contributed by atoms with Gasteiger partial charge in [-0.2, -0.15) is 13.2 Å². The van der Waals surface area contributed by atoms with Crippen LogP contribution in [0.1, 0.15) is 10.9 Å². The lowest BCUT2D eigenvalue weighted by Crippen LogP contribution is -2.21. The molecule has 0 bridgehead atoms. The fourth-order valence-corrected chi connectivity index (χ4v) is 2.07. The zero-order valence-corrected chi connectivity index (χ0v) is 8.40. The Kier molecular flexibility index (Phi) is 2.56. The highest BCUT2D eigenvalue weighted by Crippen LogP contribution is 2.30. The Bertz CT molecular complexity index is 389. The van der Waals surface area contributed by atoms with Gasteiger partial charge in [0.1, 0.15) is 0 Å². The van der Waals surface area contributed by atoms with Crippen LogP contribution in [0.15, 0.2) is 41.4 Å². The molecule has 1 unspecified atom stereocenters. The maximum atomic E-state index is 12.3. The van der Waals surface area contributed by atoms with Gasteiger partial charge in [-0.25, -0.2) is 0 Å². The average molecular weight is 231 g/mol. The second-order valence-electron chi connectivity index (χ2n) is 3.12. The molecule has 1 aromatic heterocycles. The van der Waals surface area contributed by atoms with Crippen molar-refractivity contribution in [3.05, 3.63) is 46.3 Å². The summed E-state index contributed by atoms with van der Waals surface area (Å²) in [7, 11) is 0. The molecule has 1 aliphatic heterocycles. The highest BCUT2D eigenvalue weighted by molar-refractivity contribution is 7.10. The van der Waals surface area contributed by atoms with E-state index in [1.807, 2.05) is 17.5 Å². The van der Waals surface area contributed by atoms with E-state index in [9.17, 15) is 13.2 Å². The summed E-state index contributed by atoms with van der Waals surface area (Å²) < 4.78 is 36.8. The quantitative estimate of drug-likeness (QED) is 0.781. The molecule has 1 N–H and O–H groups in total. The predicted octanol–water partition coefficient (Wildman–Crippen LogP) is 3.39. The van der Waals surface area contributed by atoms with Crippen molar-refractivity contribution in [3.8, 4) is 0 Å². The minimum absolute atomic E-state index is 0.143. The van der Waals surface area contributed by atoms with Crippen molar-refractivity contribution < 1.29 is 13.2 Å². The molecule has 2 rings (SSSR count). The second kappa shape index (κ2) is 3.73. The van der Waals surface area contributed by atoms with Crippen LogP contribution >= 0.6 is 11.3 Å². The highest BCUT2D eigenvalue weighted by Gasteiger charge is 2.33. The fraction of sp³-hybridized carbons (Fsp3) is 0.200. The lowest BCUT2D eigenvalue weighted by atomic mass is 10.1. The Labute approximate surface area is 88.9 Å². The van der Waals surface area contributed by atoms with Gasteiger partial charge in [0, 0.05) is 11.1 Å². The summed E-state index contributed by atoms with van der Waals surface area (Å²) in [6.45, 7) is 0. The first-order chi connectivity index (χ1) is 7.07. The molecule has 5 heteroatoms. The highest BCUT2D eigenvalue weighted by atomic mass is 32.1. The van der Waals surface area contributed by atoms with Crippen LogP contribution in [0.4, 0.5) is 13.2 Å². The molecule has 0 amide bonds. The zero-order valence-electron chi connectivity index (χ0n) is 7.58. The molecule has 1 atom stereocenters. The Morgan fingerprint density at radius 3 is 2.60 bits per heavy atom. The molecule has 80 valence electrons. The molecule has 0 aromatic carbocycles. The molecule has 0 fully saturated rings. The summed E-state index contributed by atoms with van der Waals surface area (Å²) in [5, 5.41) is 4.62. The number of hydrogen-bond donors (Lipinski definition) is 1. The molecule has 15 heavy (non-hydrogen) atoms. The van der Waals surface area contributed by atoms with Gasteiger partial charge >= 0.3 is 6.18 Å². The Balaban J connectivity index is 2.11. The van der Waals surface area contributed by atoms with Crippen LogP contribution in [0.25, 0.3) is 0 Å². The smallest absolute Gasteiger partial charge is 0.379 e. The van der Waals surface area contributed by atoms with Crippen LogP contribution in [0, 0.1) is 0 Å². The van der Waals surface area contributed by atoms with Crippen molar-refractivity contribution in [3.63, 3.8) is 0 Å². The van der Waals surface area contributed by atoms with Gasteiger partial charge in [-0.15, -0.1) is 11.3 Å². The molecule has 0 saturated carbocycles. The Hall–Kier alpha value is -1.23. The third kappa shape index (κ3) is 2.23. The first-order valence-electron chi connectivity index (χ1n) is 4.32. The molecule has 1 nitrogen and oxygen atoms in total. The summed E-state index contributed by atoms with van der Waals surface area (Å²) in [6.07, 6.45) is -0.621. The van der Waals surface area contributed by atoms with E-state index in [0.29, 0.717) is 0 Å². The van der Waals surface area contributed by atoms with Gasteiger partial charge in [-0.1, -0.05) is 18.2 Å². The first-order valence-corrected chi connectivity index (χ1v) is 5.20. The maximum Gasteiger partial charge on any atom is 0.417 e. The van der Waals surface area contributed by atoms with Crippen molar-refractivity contribution in [2.24, 2.45) is 0 Å². The van der Waals surface area contributed by atoms with Gasteiger partial charge in [0.2, 0.25) is 0 Å². The number of nitrogens with one attached hydrogen (secondary N) is 1. The van der Waals surface area contributed by atoms with E-state index in [1.165, 1.54) is 17.4 Å². The monoisotopic (exact) mass is 231 g/mol. The molecule has 1 aliphatic rings. The van der Waals surface area contributed by atoms with Crippen molar-refractivity contribution in [2.75, 3.05) is 0 Å². The molecular formula is C10H8F3NS. The number of alkyl halides is 3. The molecular weight excluding hydrogens is 223 g/mol. The van der Waals surface area contributed by atoms with E-state index in [-0.39, 0.29) is 6.04 Å².